The summed E-state index contributed by atoms with van der Waals surface area (Å²) < 4.78 is 0. The summed E-state index contributed by atoms with van der Waals surface area (Å²) in [7, 11) is 0. The zero-order valence-electron chi connectivity index (χ0n) is 11.3. The van der Waals surface area contributed by atoms with Crippen molar-refractivity contribution >= 4 is 11.8 Å². The Balaban J connectivity index is 1.80. The maximum absolute atomic E-state index is 4.46. The second kappa shape index (κ2) is 7.19. The van der Waals surface area contributed by atoms with Gasteiger partial charge in [0, 0.05) is 19.3 Å². The third-order valence-electron chi connectivity index (χ3n) is 3.49. The van der Waals surface area contributed by atoms with E-state index in [2.05, 4.69) is 27.5 Å². The first-order chi connectivity index (χ1) is 8.88. The van der Waals surface area contributed by atoms with E-state index in [1.807, 2.05) is 12.3 Å². The fourth-order valence-electron chi connectivity index (χ4n) is 2.42. The molecule has 1 saturated carbocycles. The quantitative estimate of drug-likeness (QED) is 0.811. The van der Waals surface area contributed by atoms with Gasteiger partial charge in [0.25, 0.3) is 0 Å². The second-order valence-corrected chi connectivity index (χ2v) is 5.08. The Kier molecular flexibility index (Phi) is 5.24. The normalized spacial score (nSPS) is 16.5. The van der Waals surface area contributed by atoms with Gasteiger partial charge in [-0.2, -0.15) is 4.98 Å². The van der Waals surface area contributed by atoms with E-state index in [0.717, 1.165) is 37.2 Å². The molecule has 0 bridgehead atoms. The van der Waals surface area contributed by atoms with E-state index in [4.69, 9.17) is 0 Å². The lowest BCUT2D eigenvalue weighted by molar-refractivity contribution is 0.373. The van der Waals surface area contributed by atoms with Crippen LogP contribution in [-0.2, 0) is 0 Å². The van der Waals surface area contributed by atoms with Gasteiger partial charge >= 0.3 is 0 Å². The van der Waals surface area contributed by atoms with Gasteiger partial charge in [-0.05, 0) is 31.2 Å². The first kappa shape index (κ1) is 13.1. The molecule has 0 unspecified atom stereocenters. The molecular weight excluding hydrogens is 224 g/mol. The highest BCUT2D eigenvalue weighted by atomic mass is 15.1. The molecule has 1 heterocycles. The number of anilines is 2. The SMILES string of the molecule is CCCNc1nccc(NCC2CCCCC2)n1. The molecule has 1 fully saturated rings. The predicted molar refractivity (Wildman–Crippen MR) is 75.9 cm³/mol. The maximum atomic E-state index is 4.46. The number of aromatic nitrogens is 2. The van der Waals surface area contributed by atoms with Crippen LogP contribution in [0.2, 0.25) is 0 Å². The van der Waals surface area contributed by atoms with E-state index >= 15 is 0 Å². The lowest BCUT2D eigenvalue weighted by Crippen LogP contribution is -2.18. The molecule has 2 rings (SSSR count). The van der Waals surface area contributed by atoms with E-state index in [0.29, 0.717) is 0 Å². The van der Waals surface area contributed by atoms with Crippen molar-refractivity contribution in [3.63, 3.8) is 0 Å². The molecule has 0 spiro atoms. The molecule has 0 saturated heterocycles. The van der Waals surface area contributed by atoms with E-state index in [9.17, 15) is 0 Å². The van der Waals surface area contributed by atoms with Crippen LogP contribution in [0.4, 0.5) is 11.8 Å². The predicted octanol–water partition coefficient (Wildman–Crippen LogP) is 3.29. The molecule has 100 valence electrons. The monoisotopic (exact) mass is 248 g/mol. The van der Waals surface area contributed by atoms with Crippen LogP contribution in [0.1, 0.15) is 45.4 Å². The highest BCUT2D eigenvalue weighted by Gasteiger charge is 2.13. The zero-order chi connectivity index (χ0) is 12.6. The first-order valence-electron chi connectivity index (χ1n) is 7.19. The summed E-state index contributed by atoms with van der Waals surface area (Å²) in [6.45, 7) is 4.11. The van der Waals surface area contributed by atoms with Crippen LogP contribution in [0.15, 0.2) is 12.3 Å². The molecule has 2 N–H and O–H groups in total. The number of hydrogen-bond donors (Lipinski definition) is 2. The summed E-state index contributed by atoms with van der Waals surface area (Å²) in [6, 6.07) is 1.94. The minimum Gasteiger partial charge on any atom is -0.370 e. The summed E-state index contributed by atoms with van der Waals surface area (Å²) in [5, 5.41) is 6.65. The zero-order valence-corrected chi connectivity index (χ0v) is 11.3. The number of rotatable bonds is 6. The molecule has 4 nitrogen and oxygen atoms in total. The summed E-state index contributed by atoms with van der Waals surface area (Å²) in [6.07, 6.45) is 9.81. The fraction of sp³-hybridized carbons (Fsp3) is 0.714. The van der Waals surface area contributed by atoms with Crippen LogP contribution < -0.4 is 10.6 Å². The lowest BCUT2D eigenvalue weighted by atomic mass is 9.89. The summed E-state index contributed by atoms with van der Waals surface area (Å²) >= 11 is 0. The molecule has 0 atom stereocenters. The van der Waals surface area contributed by atoms with Crippen molar-refractivity contribution in [2.75, 3.05) is 23.7 Å². The van der Waals surface area contributed by atoms with E-state index < -0.39 is 0 Å². The molecule has 0 amide bonds. The van der Waals surface area contributed by atoms with Crippen molar-refractivity contribution in [3.8, 4) is 0 Å². The first-order valence-corrected chi connectivity index (χ1v) is 7.19. The standard InChI is InChI=1S/C14H24N4/c1-2-9-15-14-16-10-8-13(18-14)17-11-12-6-4-3-5-7-12/h8,10,12H,2-7,9,11H2,1H3,(H2,15,16,17,18). The van der Waals surface area contributed by atoms with E-state index in [1.54, 1.807) is 0 Å². The van der Waals surface area contributed by atoms with Crippen molar-refractivity contribution in [1.29, 1.82) is 0 Å². The van der Waals surface area contributed by atoms with Gasteiger partial charge in [-0.3, -0.25) is 0 Å². The molecule has 1 aromatic heterocycles. The third-order valence-corrected chi connectivity index (χ3v) is 3.49. The second-order valence-electron chi connectivity index (χ2n) is 5.08. The van der Waals surface area contributed by atoms with Gasteiger partial charge < -0.3 is 10.6 Å². The molecule has 1 aliphatic carbocycles. The van der Waals surface area contributed by atoms with Crippen LogP contribution >= 0.6 is 0 Å². The summed E-state index contributed by atoms with van der Waals surface area (Å²) in [5.74, 6) is 2.49. The Morgan fingerprint density at radius 3 is 2.83 bits per heavy atom. The summed E-state index contributed by atoms with van der Waals surface area (Å²) in [4.78, 5) is 8.67. The molecule has 4 heteroatoms. The molecule has 0 aromatic carbocycles. The fourth-order valence-corrected chi connectivity index (χ4v) is 2.42. The van der Waals surface area contributed by atoms with Gasteiger partial charge in [-0.1, -0.05) is 26.2 Å². The van der Waals surface area contributed by atoms with Crippen LogP contribution in [0.25, 0.3) is 0 Å². The number of nitrogens with one attached hydrogen (secondary N) is 2. The highest BCUT2D eigenvalue weighted by molar-refractivity contribution is 5.39. The Morgan fingerprint density at radius 1 is 1.22 bits per heavy atom. The van der Waals surface area contributed by atoms with Crippen molar-refractivity contribution in [2.24, 2.45) is 5.92 Å². The van der Waals surface area contributed by atoms with Crippen molar-refractivity contribution in [1.82, 2.24) is 9.97 Å². The highest BCUT2D eigenvalue weighted by Crippen LogP contribution is 2.23. The maximum Gasteiger partial charge on any atom is 0.224 e. The van der Waals surface area contributed by atoms with Gasteiger partial charge in [0.2, 0.25) is 5.95 Å². The Bertz CT molecular complexity index is 347. The topological polar surface area (TPSA) is 49.8 Å². The Morgan fingerprint density at radius 2 is 2.06 bits per heavy atom. The molecule has 1 aromatic rings. The lowest BCUT2D eigenvalue weighted by Gasteiger charge is -2.22. The average Bonchev–Trinajstić information content (AvgIpc) is 2.44. The van der Waals surface area contributed by atoms with Crippen LogP contribution in [0.5, 0.6) is 0 Å². The smallest absolute Gasteiger partial charge is 0.224 e. The minimum absolute atomic E-state index is 0.727. The molecule has 0 radical (unpaired) electrons. The molecule has 18 heavy (non-hydrogen) atoms. The summed E-state index contributed by atoms with van der Waals surface area (Å²) in [5.41, 5.74) is 0. The molecule has 0 aliphatic heterocycles. The van der Waals surface area contributed by atoms with Gasteiger partial charge in [-0.25, -0.2) is 4.98 Å². The van der Waals surface area contributed by atoms with Crippen molar-refractivity contribution in [3.05, 3.63) is 12.3 Å². The average molecular weight is 248 g/mol. The minimum atomic E-state index is 0.727. The van der Waals surface area contributed by atoms with Crippen LogP contribution in [-0.4, -0.2) is 23.1 Å². The Hall–Kier alpha value is -1.32. The van der Waals surface area contributed by atoms with E-state index in [1.165, 1.54) is 32.1 Å². The van der Waals surface area contributed by atoms with Crippen LogP contribution in [0.3, 0.4) is 0 Å². The number of nitrogens with zero attached hydrogens (tertiary/aromatic N) is 2. The van der Waals surface area contributed by atoms with Gasteiger partial charge in [0.1, 0.15) is 5.82 Å². The van der Waals surface area contributed by atoms with Crippen molar-refractivity contribution < 1.29 is 0 Å². The van der Waals surface area contributed by atoms with Crippen molar-refractivity contribution in [2.45, 2.75) is 45.4 Å². The molecule has 1 aliphatic rings. The largest absolute Gasteiger partial charge is 0.370 e. The van der Waals surface area contributed by atoms with Gasteiger partial charge in [-0.15, -0.1) is 0 Å². The van der Waals surface area contributed by atoms with Gasteiger partial charge in [0.15, 0.2) is 0 Å². The van der Waals surface area contributed by atoms with Gasteiger partial charge in [0.05, 0.1) is 0 Å². The molecular formula is C14H24N4. The Labute approximate surface area is 110 Å². The van der Waals surface area contributed by atoms with E-state index in [-0.39, 0.29) is 0 Å². The van der Waals surface area contributed by atoms with Crippen LogP contribution in [0, 0.1) is 5.92 Å². The number of hydrogen-bond acceptors (Lipinski definition) is 4. The third kappa shape index (κ3) is 4.17.